The van der Waals surface area contributed by atoms with Crippen molar-refractivity contribution in [2.45, 2.75) is 11.8 Å². The predicted octanol–water partition coefficient (Wildman–Crippen LogP) is 1.48. The van der Waals surface area contributed by atoms with Crippen LogP contribution in [-0.4, -0.2) is 39.0 Å². The number of anilines is 2. The molecule has 3 aromatic rings. The van der Waals surface area contributed by atoms with Gasteiger partial charge in [0.25, 0.3) is 15.9 Å². The summed E-state index contributed by atoms with van der Waals surface area (Å²) in [4.78, 5) is 30.5. The number of carbonyl (C=O) groups excluding carboxylic acids is 1. The Kier molecular flexibility index (Phi) is 5.23. The van der Waals surface area contributed by atoms with Crippen LogP contribution in [0.4, 0.5) is 17.3 Å². The van der Waals surface area contributed by atoms with Gasteiger partial charge in [0.15, 0.2) is 0 Å². The zero-order valence-electron chi connectivity index (χ0n) is 15.2. The van der Waals surface area contributed by atoms with Crippen LogP contribution in [0.25, 0.3) is 0 Å². The maximum Gasteiger partial charge on any atom is 0.322 e. The molecule has 0 radical (unpaired) electrons. The number of carbonyl (C=O) groups is 1. The number of amides is 1. The average molecular weight is 417 g/mol. The van der Waals surface area contributed by atoms with E-state index in [1.54, 1.807) is 6.07 Å². The van der Waals surface area contributed by atoms with E-state index in [9.17, 15) is 23.3 Å². The predicted molar refractivity (Wildman–Crippen MR) is 102 cm³/mol. The van der Waals surface area contributed by atoms with Crippen LogP contribution >= 0.6 is 0 Å². The van der Waals surface area contributed by atoms with Crippen molar-refractivity contribution in [3.05, 3.63) is 64.2 Å². The fourth-order valence-corrected chi connectivity index (χ4v) is 3.52. The second-order valence-corrected chi connectivity index (χ2v) is 7.50. The summed E-state index contributed by atoms with van der Waals surface area (Å²) in [5.74, 6) is -0.824. The Morgan fingerprint density at radius 3 is 2.38 bits per heavy atom. The van der Waals surface area contributed by atoms with Gasteiger partial charge in [-0.15, -0.1) is 0 Å². The fourth-order valence-electron chi connectivity index (χ4n) is 2.56. The Hall–Kier alpha value is -3.87. The maximum atomic E-state index is 12.5. The lowest BCUT2D eigenvalue weighted by Gasteiger charge is -2.08. The summed E-state index contributed by atoms with van der Waals surface area (Å²) in [6.45, 7) is 1.43. The van der Waals surface area contributed by atoms with Crippen molar-refractivity contribution in [3.63, 3.8) is 0 Å². The molecule has 0 aliphatic heterocycles. The van der Waals surface area contributed by atoms with Crippen LogP contribution in [0.5, 0.6) is 0 Å². The summed E-state index contributed by atoms with van der Waals surface area (Å²) in [6, 6.07) is 6.79. The first-order chi connectivity index (χ1) is 13.7. The minimum atomic E-state index is -3.92. The first-order valence-corrected chi connectivity index (χ1v) is 9.56. The van der Waals surface area contributed by atoms with Crippen molar-refractivity contribution in [1.29, 1.82) is 0 Å². The lowest BCUT2D eigenvalue weighted by Crippen LogP contribution is -2.18. The van der Waals surface area contributed by atoms with Crippen LogP contribution in [0, 0.1) is 17.0 Å². The minimum absolute atomic E-state index is 0.0784. The molecule has 2 aromatic heterocycles. The molecule has 0 aliphatic rings. The van der Waals surface area contributed by atoms with Gasteiger partial charge in [-0.3, -0.25) is 19.6 Å². The van der Waals surface area contributed by atoms with Gasteiger partial charge in [-0.2, -0.15) is 5.10 Å². The van der Waals surface area contributed by atoms with Gasteiger partial charge in [0.05, 0.1) is 9.82 Å². The number of benzene rings is 1. The number of nitrogens with zero attached hydrogens (tertiary/aromatic N) is 5. The van der Waals surface area contributed by atoms with Crippen molar-refractivity contribution >= 4 is 33.3 Å². The highest BCUT2D eigenvalue weighted by molar-refractivity contribution is 7.92. The summed E-state index contributed by atoms with van der Waals surface area (Å²) in [5, 5.41) is 17.6. The molecule has 1 amide bonds. The lowest BCUT2D eigenvalue weighted by atomic mass is 10.2. The Labute approximate surface area is 164 Å². The minimum Gasteiger partial charge on any atom is -0.320 e. The zero-order valence-corrected chi connectivity index (χ0v) is 16.0. The highest BCUT2D eigenvalue weighted by Gasteiger charge is 2.29. The van der Waals surface area contributed by atoms with Gasteiger partial charge < -0.3 is 5.32 Å². The maximum absolute atomic E-state index is 12.5. The molecule has 2 N–H and O–H groups in total. The number of aryl methyl sites for hydroxylation is 2. The summed E-state index contributed by atoms with van der Waals surface area (Å²) >= 11 is 0. The molecule has 13 heteroatoms. The SMILES string of the molecule is Cc1nn(C)c(C(=O)Nc2ccc(S(=O)(=O)Nc3ncccn3)cc2)c1[N+](=O)[O-]. The van der Waals surface area contributed by atoms with Gasteiger partial charge in [-0.05, 0) is 37.3 Å². The van der Waals surface area contributed by atoms with E-state index in [4.69, 9.17) is 0 Å². The van der Waals surface area contributed by atoms with Crippen molar-refractivity contribution < 1.29 is 18.1 Å². The summed E-state index contributed by atoms with van der Waals surface area (Å²) < 4.78 is 28.1. The monoisotopic (exact) mass is 417 g/mol. The molecule has 29 heavy (non-hydrogen) atoms. The number of aromatic nitrogens is 4. The molecule has 0 aliphatic carbocycles. The van der Waals surface area contributed by atoms with Crippen LogP contribution in [0.1, 0.15) is 16.2 Å². The average Bonchev–Trinajstić information content (AvgIpc) is 2.97. The fraction of sp³-hybridized carbons (Fsp3) is 0.125. The molecule has 0 atom stereocenters. The molecular formula is C16H15N7O5S. The topological polar surface area (TPSA) is 162 Å². The van der Waals surface area contributed by atoms with Crippen molar-refractivity contribution in [2.24, 2.45) is 7.05 Å². The molecule has 0 bridgehead atoms. The van der Waals surface area contributed by atoms with Crippen LogP contribution in [0.3, 0.4) is 0 Å². The number of sulfonamides is 1. The van der Waals surface area contributed by atoms with Crippen molar-refractivity contribution in [2.75, 3.05) is 10.0 Å². The third-order valence-electron chi connectivity index (χ3n) is 3.80. The molecule has 2 heterocycles. The third-order valence-corrected chi connectivity index (χ3v) is 5.15. The molecule has 0 saturated carbocycles. The van der Waals surface area contributed by atoms with Gasteiger partial charge in [-0.1, -0.05) is 0 Å². The third kappa shape index (κ3) is 4.19. The number of rotatable bonds is 6. The molecule has 12 nitrogen and oxygen atoms in total. The smallest absolute Gasteiger partial charge is 0.320 e. The van der Waals surface area contributed by atoms with Crippen LogP contribution in [-0.2, 0) is 17.1 Å². The molecule has 150 valence electrons. The first kappa shape index (κ1) is 19.9. The second kappa shape index (κ2) is 7.63. The largest absolute Gasteiger partial charge is 0.322 e. The van der Waals surface area contributed by atoms with E-state index in [2.05, 4.69) is 25.1 Å². The molecular weight excluding hydrogens is 402 g/mol. The summed E-state index contributed by atoms with van der Waals surface area (Å²) in [7, 11) is -2.50. The second-order valence-electron chi connectivity index (χ2n) is 5.82. The van der Waals surface area contributed by atoms with Gasteiger partial charge in [-0.25, -0.2) is 23.1 Å². The lowest BCUT2D eigenvalue weighted by molar-refractivity contribution is -0.385. The summed E-state index contributed by atoms with van der Waals surface area (Å²) in [5.41, 5.74) is -0.250. The van der Waals surface area contributed by atoms with Crippen LogP contribution in [0.15, 0.2) is 47.6 Å². The zero-order chi connectivity index (χ0) is 21.2. The molecule has 0 spiro atoms. The Bertz CT molecular complexity index is 1170. The molecule has 0 fully saturated rings. The number of nitrogens with one attached hydrogen (secondary N) is 2. The molecule has 0 unspecified atom stereocenters. The summed E-state index contributed by atoms with van der Waals surface area (Å²) in [6.07, 6.45) is 2.78. The van der Waals surface area contributed by atoms with Gasteiger partial charge in [0.2, 0.25) is 11.6 Å². The normalized spacial score (nSPS) is 11.1. The van der Waals surface area contributed by atoms with Crippen molar-refractivity contribution in [3.8, 4) is 0 Å². The first-order valence-electron chi connectivity index (χ1n) is 8.08. The van der Waals surface area contributed by atoms with Crippen LogP contribution < -0.4 is 10.0 Å². The molecule has 0 saturated heterocycles. The highest BCUT2D eigenvalue weighted by Crippen LogP contribution is 2.24. The van der Waals surface area contributed by atoms with E-state index in [0.29, 0.717) is 0 Å². The standard InChI is InChI=1S/C16H15N7O5S/c1-10-13(23(25)26)14(22(2)20-10)15(24)19-11-4-6-12(7-5-11)29(27,28)21-16-17-8-3-9-18-16/h3-9H,1-2H3,(H,19,24)(H,17,18,21). The van der Waals surface area contributed by atoms with E-state index < -0.39 is 26.5 Å². The van der Waals surface area contributed by atoms with Crippen LogP contribution in [0.2, 0.25) is 0 Å². The number of hydrogen-bond acceptors (Lipinski definition) is 8. The Morgan fingerprint density at radius 1 is 1.17 bits per heavy atom. The highest BCUT2D eigenvalue weighted by atomic mass is 32.2. The van der Waals surface area contributed by atoms with E-state index in [1.165, 1.54) is 50.6 Å². The Morgan fingerprint density at radius 2 is 1.79 bits per heavy atom. The van der Waals surface area contributed by atoms with E-state index >= 15 is 0 Å². The van der Waals surface area contributed by atoms with Gasteiger partial charge in [0.1, 0.15) is 5.69 Å². The number of nitro groups is 1. The van der Waals surface area contributed by atoms with E-state index in [-0.39, 0.29) is 27.9 Å². The molecule has 3 rings (SSSR count). The van der Waals surface area contributed by atoms with Crippen molar-refractivity contribution in [1.82, 2.24) is 19.7 Å². The van der Waals surface area contributed by atoms with E-state index in [1.807, 2.05) is 0 Å². The van der Waals surface area contributed by atoms with Gasteiger partial charge in [0, 0.05) is 25.1 Å². The number of hydrogen-bond donors (Lipinski definition) is 2. The van der Waals surface area contributed by atoms with E-state index in [0.717, 1.165) is 4.68 Å². The quantitative estimate of drug-likeness (QED) is 0.450. The molecule has 1 aromatic carbocycles. The Balaban J connectivity index is 1.79. The van der Waals surface area contributed by atoms with Gasteiger partial charge >= 0.3 is 5.69 Å².